The van der Waals surface area contributed by atoms with Crippen molar-refractivity contribution in [2.24, 2.45) is 0 Å². The number of carbonyl (C=O) groups is 2. The van der Waals surface area contributed by atoms with Crippen molar-refractivity contribution in [3.8, 4) is 0 Å². The smallest absolute Gasteiger partial charge is 0.353 e. The second-order valence-electron chi connectivity index (χ2n) is 4.32. The monoisotopic (exact) mass is 286 g/mol. The van der Waals surface area contributed by atoms with E-state index in [0.717, 1.165) is 5.39 Å². The van der Waals surface area contributed by atoms with Gasteiger partial charge in [-0.25, -0.2) is 4.79 Å². The quantitative estimate of drug-likeness (QED) is 0.667. The van der Waals surface area contributed by atoms with Crippen LogP contribution in [0.3, 0.4) is 0 Å². The zero-order valence-corrected chi connectivity index (χ0v) is 10.7. The lowest BCUT2D eigenvalue weighted by Gasteiger charge is -1.98. The van der Waals surface area contributed by atoms with Gasteiger partial charge in [0.15, 0.2) is 11.4 Å². The van der Waals surface area contributed by atoms with Crippen LogP contribution in [-0.4, -0.2) is 32.3 Å². The lowest BCUT2D eigenvalue weighted by Crippen LogP contribution is -2.15. The third-order valence-corrected chi connectivity index (χ3v) is 2.86. The Kier molecular flexibility index (Phi) is 3.11. The number of para-hydroxylation sites is 1. The maximum atomic E-state index is 11.9. The first-order chi connectivity index (χ1) is 10.1. The molecule has 2 heterocycles. The van der Waals surface area contributed by atoms with Crippen LogP contribution < -0.4 is 5.32 Å². The van der Waals surface area contributed by atoms with E-state index in [9.17, 15) is 9.59 Å². The van der Waals surface area contributed by atoms with Gasteiger partial charge in [0.05, 0.1) is 6.42 Å². The molecule has 0 radical (unpaired) electrons. The molecule has 0 aliphatic carbocycles. The minimum Gasteiger partial charge on any atom is -0.477 e. The largest absolute Gasteiger partial charge is 0.477 e. The van der Waals surface area contributed by atoms with E-state index in [-0.39, 0.29) is 23.8 Å². The minimum atomic E-state index is -1.15. The Morgan fingerprint density at radius 1 is 1.33 bits per heavy atom. The predicted octanol–water partition coefficient (Wildman–Crippen LogP) is 1.43. The van der Waals surface area contributed by atoms with Crippen molar-refractivity contribution in [3.63, 3.8) is 0 Å². The molecule has 8 heteroatoms. The zero-order valence-electron chi connectivity index (χ0n) is 10.7. The van der Waals surface area contributed by atoms with Gasteiger partial charge >= 0.3 is 5.97 Å². The number of aromatic nitrogens is 3. The highest BCUT2D eigenvalue weighted by molar-refractivity contribution is 5.95. The highest BCUT2D eigenvalue weighted by Gasteiger charge is 2.14. The molecule has 0 atom stereocenters. The molecule has 0 saturated carbocycles. The molecule has 3 N–H and O–H groups in total. The molecular weight excluding hydrogens is 276 g/mol. The number of H-pyrrole nitrogens is 1. The van der Waals surface area contributed by atoms with Gasteiger partial charge in [0.1, 0.15) is 11.4 Å². The molecule has 0 aliphatic rings. The number of hydrogen-bond donors (Lipinski definition) is 3. The summed E-state index contributed by atoms with van der Waals surface area (Å²) in [5.41, 5.74) is 1.02. The van der Waals surface area contributed by atoms with Gasteiger partial charge in [0.2, 0.25) is 5.91 Å². The van der Waals surface area contributed by atoms with Crippen LogP contribution in [0, 0.1) is 0 Å². The number of nitrogens with zero attached hydrogens (tertiary/aromatic N) is 2. The summed E-state index contributed by atoms with van der Waals surface area (Å²) in [7, 11) is 0. The van der Waals surface area contributed by atoms with Gasteiger partial charge in [-0.3, -0.25) is 9.89 Å². The number of aromatic carboxylic acids is 1. The lowest BCUT2D eigenvalue weighted by molar-refractivity contribution is -0.115. The van der Waals surface area contributed by atoms with E-state index in [0.29, 0.717) is 11.3 Å². The fourth-order valence-corrected chi connectivity index (χ4v) is 1.90. The molecule has 0 bridgehead atoms. The molecule has 21 heavy (non-hydrogen) atoms. The Morgan fingerprint density at radius 2 is 2.14 bits per heavy atom. The molecule has 0 spiro atoms. The molecule has 0 saturated heterocycles. The van der Waals surface area contributed by atoms with Gasteiger partial charge in [0, 0.05) is 11.5 Å². The van der Waals surface area contributed by atoms with E-state index in [4.69, 9.17) is 9.63 Å². The van der Waals surface area contributed by atoms with Crippen LogP contribution in [0.15, 0.2) is 34.9 Å². The fourth-order valence-electron chi connectivity index (χ4n) is 1.90. The Morgan fingerprint density at radius 3 is 2.90 bits per heavy atom. The van der Waals surface area contributed by atoms with Gasteiger partial charge in [-0.1, -0.05) is 17.3 Å². The van der Waals surface area contributed by atoms with Crippen molar-refractivity contribution in [3.05, 3.63) is 41.7 Å². The van der Waals surface area contributed by atoms with Gasteiger partial charge in [0.25, 0.3) is 0 Å². The molecule has 1 amide bonds. The topological polar surface area (TPSA) is 121 Å². The number of carboxylic acid groups (broad SMARTS) is 1. The van der Waals surface area contributed by atoms with Crippen LogP contribution in [0.5, 0.6) is 0 Å². The third kappa shape index (κ3) is 2.59. The average Bonchev–Trinajstić information content (AvgIpc) is 3.07. The number of rotatable bonds is 4. The first-order valence-corrected chi connectivity index (χ1v) is 6.05. The number of hydrogen-bond acceptors (Lipinski definition) is 5. The second-order valence-corrected chi connectivity index (χ2v) is 4.32. The molecular formula is C13H10N4O4. The van der Waals surface area contributed by atoms with Crippen LogP contribution in [-0.2, 0) is 11.2 Å². The van der Waals surface area contributed by atoms with Crippen molar-refractivity contribution in [1.29, 1.82) is 0 Å². The van der Waals surface area contributed by atoms with Crippen molar-refractivity contribution in [2.45, 2.75) is 6.42 Å². The molecule has 106 valence electrons. The summed E-state index contributed by atoms with van der Waals surface area (Å²) in [6, 6.07) is 8.45. The normalized spacial score (nSPS) is 10.7. The van der Waals surface area contributed by atoms with Crippen LogP contribution in [0.4, 0.5) is 5.82 Å². The van der Waals surface area contributed by atoms with Gasteiger partial charge in [-0.2, -0.15) is 5.10 Å². The number of aromatic amines is 1. The molecule has 3 aromatic rings. The first-order valence-electron chi connectivity index (χ1n) is 6.05. The summed E-state index contributed by atoms with van der Waals surface area (Å²) >= 11 is 0. The molecule has 1 aromatic carbocycles. The first kappa shape index (κ1) is 12.9. The Labute approximate surface area is 117 Å². The molecule has 2 aromatic heterocycles. The highest BCUT2D eigenvalue weighted by Crippen LogP contribution is 2.18. The van der Waals surface area contributed by atoms with Gasteiger partial charge < -0.3 is 14.9 Å². The molecule has 3 rings (SSSR count). The van der Waals surface area contributed by atoms with Gasteiger partial charge in [-0.15, -0.1) is 0 Å². The van der Waals surface area contributed by atoms with E-state index in [2.05, 4.69) is 20.7 Å². The molecule has 8 nitrogen and oxygen atoms in total. The van der Waals surface area contributed by atoms with E-state index < -0.39 is 5.97 Å². The Hall–Kier alpha value is -3.16. The standard InChI is InChI=1S/C13H10N4O4/c18-12(14-11-5-9(13(19)20)15-16-11)6-8-7-3-1-2-4-10(7)21-17-8/h1-5H,6H2,(H,19,20)(H2,14,15,16,18). The predicted molar refractivity (Wildman–Crippen MR) is 71.9 cm³/mol. The molecule has 0 aliphatic heterocycles. The summed E-state index contributed by atoms with van der Waals surface area (Å²) in [6.45, 7) is 0. The Bertz CT molecular complexity index is 820. The zero-order chi connectivity index (χ0) is 14.8. The van der Waals surface area contributed by atoms with Crippen LogP contribution >= 0.6 is 0 Å². The van der Waals surface area contributed by atoms with Crippen LogP contribution in [0.25, 0.3) is 11.0 Å². The highest BCUT2D eigenvalue weighted by atomic mass is 16.5. The SMILES string of the molecule is O=C(Cc1noc2ccccc12)Nc1cc(C(=O)O)[nH]n1. The summed E-state index contributed by atoms with van der Waals surface area (Å²) in [5, 5.41) is 21.9. The average molecular weight is 286 g/mol. The number of anilines is 1. The molecule has 0 fully saturated rings. The number of carboxylic acids is 1. The lowest BCUT2D eigenvalue weighted by atomic mass is 10.1. The van der Waals surface area contributed by atoms with Crippen molar-refractivity contribution in [2.75, 3.05) is 5.32 Å². The summed E-state index contributed by atoms with van der Waals surface area (Å²) in [6.07, 6.45) is 0.00623. The van der Waals surface area contributed by atoms with E-state index >= 15 is 0 Å². The number of amides is 1. The second kappa shape index (κ2) is 5.08. The van der Waals surface area contributed by atoms with Crippen molar-refractivity contribution in [1.82, 2.24) is 15.4 Å². The van der Waals surface area contributed by atoms with Crippen molar-refractivity contribution >= 4 is 28.7 Å². The Balaban J connectivity index is 1.72. The van der Waals surface area contributed by atoms with Crippen molar-refractivity contribution < 1.29 is 19.2 Å². The number of nitrogens with one attached hydrogen (secondary N) is 2. The number of fused-ring (bicyclic) bond motifs is 1. The van der Waals surface area contributed by atoms with E-state index in [1.807, 2.05) is 18.2 Å². The maximum Gasteiger partial charge on any atom is 0.353 e. The fraction of sp³-hybridized carbons (Fsp3) is 0.0769. The summed E-state index contributed by atoms with van der Waals surface area (Å²) in [4.78, 5) is 22.6. The minimum absolute atomic E-state index is 0.00623. The number of benzene rings is 1. The maximum absolute atomic E-state index is 11.9. The third-order valence-electron chi connectivity index (χ3n) is 2.86. The van der Waals surface area contributed by atoms with E-state index in [1.54, 1.807) is 6.07 Å². The summed E-state index contributed by atoms with van der Waals surface area (Å²) < 4.78 is 5.11. The van der Waals surface area contributed by atoms with Crippen LogP contribution in [0.2, 0.25) is 0 Å². The molecule has 0 unspecified atom stereocenters. The summed E-state index contributed by atoms with van der Waals surface area (Å²) in [5.74, 6) is -1.37. The number of carbonyl (C=O) groups excluding carboxylic acids is 1. The van der Waals surface area contributed by atoms with E-state index in [1.165, 1.54) is 6.07 Å². The van der Waals surface area contributed by atoms with Gasteiger partial charge in [-0.05, 0) is 12.1 Å². The van der Waals surface area contributed by atoms with Crippen LogP contribution in [0.1, 0.15) is 16.2 Å².